The van der Waals surface area contributed by atoms with Crippen molar-refractivity contribution in [1.29, 1.82) is 5.26 Å². The van der Waals surface area contributed by atoms with Crippen LogP contribution in [0.2, 0.25) is 0 Å². The molecule has 0 aliphatic rings. The molecule has 1 heterocycles. The molecule has 0 aliphatic carbocycles. The van der Waals surface area contributed by atoms with E-state index in [9.17, 15) is 4.79 Å². The highest BCUT2D eigenvalue weighted by molar-refractivity contribution is 5.60. The minimum atomic E-state index is -0.281. The average Bonchev–Trinajstić information content (AvgIpc) is 2.38. The number of methoxy groups -OCH3 is 1. The van der Waals surface area contributed by atoms with Crippen LogP contribution >= 0.6 is 0 Å². The van der Waals surface area contributed by atoms with Gasteiger partial charge in [0.2, 0.25) is 0 Å². The van der Waals surface area contributed by atoms with E-state index in [0.29, 0.717) is 11.3 Å². The van der Waals surface area contributed by atoms with Gasteiger partial charge in [0.05, 0.1) is 24.4 Å². The zero-order valence-electron chi connectivity index (χ0n) is 9.10. The largest absolute Gasteiger partial charge is 0.468 e. The van der Waals surface area contributed by atoms with Crippen molar-refractivity contribution in [2.24, 2.45) is 0 Å². The molecule has 2 aromatic rings. The third-order valence-electron chi connectivity index (χ3n) is 2.22. The van der Waals surface area contributed by atoms with Gasteiger partial charge in [-0.3, -0.25) is 9.78 Å². The van der Waals surface area contributed by atoms with Crippen molar-refractivity contribution in [2.45, 2.75) is 0 Å². The predicted octanol–water partition coefficient (Wildman–Crippen LogP) is 1.32. The fraction of sp³-hybridized carbons (Fsp3) is 0.0833. The molecule has 1 N–H and O–H groups in total. The first-order valence-corrected chi connectivity index (χ1v) is 4.89. The van der Waals surface area contributed by atoms with Crippen molar-refractivity contribution < 1.29 is 4.74 Å². The summed E-state index contributed by atoms with van der Waals surface area (Å²) < 4.78 is 4.88. The fourth-order valence-corrected chi connectivity index (χ4v) is 1.40. The Kier molecular flexibility index (Phi) is 2.88. The molecule has 0 saturated heterocycles. The van der Waals surface area contributed by atoms with Gasteiger partial charge in [-0.1, -0.05) is 12.1 Å². The van der Waals surface area contributed by atoms with Gasteiger partial charge in [0.15, 0.2) is 0 Å². The van der Waals surface area contributed by atoms with Gasteiger partial charge < -0.3 is 4.74 Å². The molecule has 1 aromatic heterocycles. The number of aromatic amines is 1. The molecular formula is C12H9N3O2. The maximum atomic E-state index is 11.3. The lowest BCUT2D eigenvalue weighted by atomic mass is 10.1. The van der Waals surface area contributed by atoms with Crippen LogP contribution in [0.4, 0.5) is 0 Å². The summed E-state index contributed by atoms with van der Waals surface area (Å²) in [4.78, 5) is 17.9. The van der Waals surface area contributed by atoms with Crippen LogP contribution in [0.3, 0.4) is 0 Å². The summed E-state index contributed by atoms with van der Waals surface area (Å²) in [5, 5.41) is 8.68. The van der Waals surface area contributed by atoms with Crippen molar-refractivity contribution in [3.05, 3.63) is 46.2 Å². The smallest absolute Gasteiger partial charge is 0.296 e. The standard InChI is InChI=1S/C12H9N3O2/c1-17-12-14-10(6-11(16)15-12)9-4-2-8(7-13)3-5-9/h2-6H,1H3,(H,14,15,16). The molecule has 2 rings (SSSR count). The van der Waals surface area contributed by atoms with Gasteiger partial charge in [-0.15, -0.1) is 0 Å². The minimum Gasteiger partial charge on any atom is -0.468 e. The first-order valence-electron chi connectivity index (χ1n) is 4.89. The molecular weight excluding hydrogens is 218 g/mol. The monoisotopic (exact) mass is 227 g/mol. The van der Waals surface area contributed by atoms with E-state index in [4.69, 9.17) is 10.00 Å². The van der Waals surface area contributed by atoms with Gasteiger partial charge in [-0.25, -0.2) is 0 Å². The van der Waals surface area contributed by atoms with Crippen LogP contribution in [0.1, 0.15) is 5.56 Å². The third kappa shape index (κ3) is 2.32. The molecule has 0 spiro atoms. The van der Waals surface area contributed by atoms with E-state index < -0.39 is 0 Å². The summed E-state index contributed by atoms with van der Waals surface area (Å²) in [6, 6.07) is 10.4. The molecule has 0 unspecified atom stereocenters. The SMILES string of the molecule is COc1nc(-c2ccc(C#N)cc2)cc(=O)[nH]1. The Morgan fingerprint density at radius 3 is 2.65 bits per heavy atom. The van der Waals surface area contributed by atoms with Gasteiger partial charge in [0.1, 0.15) is 0 Å². The number of nitrogens with one attached hydrogen (secondary N) is 1. The van der Waals surface area contributed by atoms with Crippen LogP contribution in [0.25, 0.3) is 11.3 Å². The molecule has 0 amide bonds. The van der Waals surface area contributed by atoms with Crippen LogP contribution in [0.15, 0.2) is 35.1 Å². The van der Waals surface area contributed by atoms with Crippen molar-refractivity contribution in [3.8, 4) is 23.3 Å². The Morgan fingerprint density at radius 2 is 2.06 bits per heavy atom. The Labute approximate surface area is 97.3 Å². The van der Waals surface area contributed by atoms with E-state index in [1.54, 1.807) is 24.3 Å². The Balaban J connectivity index is 2.49. The number of benzene rings is 1. The Morgan fingerprint density at radius 1 is 1.35 bits per heavy atom. The van der Waals surface area contributed by atoms with Crippen LogP contribution in [0, 0.1) is 11.3 Å². The highest BCUT2D eigenvalue weighted by Crippen LogP contribution is 2.17. The number of ether oxygens (including phenoxy) is 1. The normalized spacial score (nSPS) is 9.65. The molecule has 17 heavy (non-hydrogen) atoms. The predicted molar refractivity (Wildman–Crippen MR) is 61.6 cm³/mol. The molecule has 0 aliphatic heterocycles. The molecule has 0 saturated carbocycles. The number of hydrogen-bond acceptors (Lipinski definition) is 4. The number of rotatable bonds is 2. The summed E-state index contributed by atoms with van der Waals surface area (Å²) in [5.41, 5.74) is 1.55. The highest BCUT2D eigenvalue weighted by Gasteiger charge is 2.04. The van der Waals surface area contributed by atoms with Crippen LogP contribution in [-0.2, 0) is 0 Å². The second-order valence-electron chi connectivity index (χ2n) is 3.33. The number of hydrogen-bond donors (Lipinski definition) is 1. The maximum Gasteiger partial charge on any atom is 0.296 e. The van der Waals surface area contributed by atoms with E-state index in [1.807, 2.05) is 6.07 Å². The molecule has 5 nitrogen and oxygen atoms in total. The molecule has 0 fully saturated rings. The van der Waals surface area contributed by atoms with Gasteiger partial charge in [0, 0.05) is 11.6 Å². The second-order valence-corrected chi connectivity index (χ2v) is 3.33. The number of nitrogens with zero attached hydrogens (tertiary/aromatic N) is 2. The van der Waals surface area contributed by atoms with Gasteiger partial charge in [-0.05, 0) is 12.1 Å². The number of H-pyrrole nitrogens is 1. The van der Waals surface area contributed by atoms with E-state index in [0.717, 1.165) is 5.56 Å². The van der Waals surface area contributed by atoms with E-state index in [2.05, 4.69) is 9.97 Å². The third-order valence-corrected chi connectivity index (χ3v) is 2.22. The zero-order valence-corrected chi connectivity index (χ0v) is 9.10. The zero-order chi connectivity index (χ0) is 12.3. The molecule has 0 atom stereocenters. The van der Waals surface area contributed by atoms with Crippen LogP contribution in [-0.4, -0.2) is 17.1 Å². The fourth-order valence-electron chi connectivity index (χ4n) is 1.40. The average molecular weight is 227 g/mol. The highest BCUT2D eigenvalue weighted by atomic mass is 16.5. The molecule has 5 heteroatoms. The van der Waals surface area contributed by atoms with Crippen LogP contribution in [0.5, 0.6) is 6.01 Å². The van der Waals surface area contributed by atoms with E-state index >= 15 is 0 Å². The Bertz CT molecular complexity index is 623. The Hall–Kier alpha value is -2.61. The van der Waals surface area contributed by atoms with Gasteiger partial charge >= 0.3 is 0 Å². The summed E-state index contributed by atoms with van der Waals surface area (Å²) in [7, 11) is 1.43. The summed E-state index contributed by atoms with van der Waals surface area (Å²) in [5.74, 6) is 0. The second kappa shape index (κ2) is 4.49. The van der Waals surface area contributed by atoms with Crippen molar-refractivity contribution in [3.63, 3.8) is 0 Å². The molecule has 84 valence electrons. The molecule has 1 aromatic carbocycles. The quantitative estimate of drug-likeness (QED) is 0.839. The summed E-state index contributed by atoms with van der Waals surface area (Å²) in [6.07, 6.45) is 0. The summed E-state index contributed by atoms with van der Waals surface area (Å²) >= 11 is 0. The lowest BCUT2D eigenvalue weighted by Gasteiger charge is -2.02. The van der Waals surface area contributed by atoms with Crippen molar-refractivity contribution in [1.82, 2.24) is 9.97 Å². The van der Waals surface area contributed by atoms with Crippen LogP contribution < -0.4 is 10.3 Å². The molecule has 0 radical (unpaired) electrons. The first-order chi connectivity index (χ1) is 8.22. The lowest BCUT2D eigenvalue weighted by molar-refractivity contribution is 0.379. The van der Waals surface area contributed by atoms with Gasteiger partial charge in [0.25, 0.3) is 11.6 Å². The topological polar surface area (TPSA) is 78.8 Å². The summed E-state index contributed by atoms with van der Waals surface area (Å²) in [6.45, 7) is 0. The number of aromatic nitrogens is 2. The number of nitriles is 1. The molecule has 0 bridgehead atoms. The van der Waals surface area contributed by atoms with E-state index in [1.165, 1.54) is 13.2 Å². The minimum absolute atomic E-state index is 0.164. The van der Waals surface area contributed by atoms with Crippen molar-refractivity contribution in [2.75, 3.05) is 7.11 Å². The van der Waals surface area contributed by atoms with Crippen molar-refractivity contribution >= 4 is 0 Å². The van der Waals surface area contributed by atoms with Gasteiger partial charge in [-0.2, -0.15) is 10.2 Å². The van der Waals surface area contributed by atoms with E-state index in [-0.39, 0.29) is 11.6 Å². The maximum absolute atomic E-state index is 11.3. The lowest BCUT2D eigenvalue weighted by Crippen LogP contribution is -2.08. The first kappa shape index (κ1) is 10.9.